The minimum absolute atomic E-state index is 0.00560. The summed E-state index contributed by atoms with van der Waals surface area (Å²) in [7, 11) is 0. The lowest BCUT2D eigenvalue weighted by atomic mass is 9.73. The van der Waals surface area contributed by atoms with E-state index in [-0.39, 0.29) is 17.3 Å². The lowest BCUT2D eigenvalue weighted by Gasteiger charge is -2.36. The number of nitro groups is 1. The molecule has 2 fully saturated rings. The number of nitrogens with one attached hydrogen (secondary N) is 2. The molecule has 0 radical (unpaired) electrons. The lowest BCUT2D eigenvalue weighted by Crippen LogP contribution is -2.54. The number of imide groups is 1. The molecule has 2 atom stereocenters. The fourth-order valence-corrected chi connectivity index (χ4v) is 3.87. The van der Waals surface area contributed by atoms with Crippen LogP contribution in [0.5, 0.6) is 0 Å². The number of urea groups is 1. The Balaban J connectivity index is 1.74. The van der Waals surface area contributed by atoms with Gasteiger partial charge in [0.05, 0.1) is 4.92 Å². The Labute approximate surface area is 156 Å². The van der Waals surface area contributed by atoms with Crippen molar-refractivity contribution in [1.82, 2.24) is 10.2 Å². The topological polar surface area (TPSA) is 122 Å². The highest BCUT2D eigenvalue weighted by molar-refractivity contribution is 6.10. The minimum atomic E-state index is -0.939. The SMILES string of the molecule is Cc1ccc(NC(=O)CN2C(=O)N[C@@]3(CCCC[C@H]3C)C2=O)c([N+](=O)[O-])c1. The molecular formula is C18H22N4O5. The van der Waals surface area contributed by atoms with E-state index in [0.717, 1.165) is 24.2 Å². The van der Waals surface area contributed by atoms with Crippen LogP contribution in [-0.2, 0) is 9.59 Å². The minimum Gasteiger partial charge on any atom is -0.323 e. The Morgan fingerprint density at radius 1 is 1.41 bits per heavy atom. The molecule has 1 aromatic rings. The zero-order chi connectivity index (χ0) is 19.8. The van der Waals surface area contributed by atoms with Gasteiger partial charge in [-0.1, -0.05) is 25.8 Å². The van der Waals surface area contributed by atoms with Crippen molar-refractivity contribution >= 4 is 29.2 Å². The van der Waals surface area contributed by atoms with Crippen molar-refractivity contribution in [1.29, 1.82) is 0 Å². The molecule has 27 heavy (non-hydrogen) atoms. The normalized spacial score (nSPS) is 24.8. The van der Waals surface area contributed by atoms with Gasteiger partial charge in [-0.15, -0.1) is 0 Å². The highest BCUT2D eigenvalue weighted by atomic mass is 16.6. The first-order chi connectivity index (χ1) is 12.7. The molecule has 2 N–H and O–H groups in total. The molecule has 1 aromatic carbocycles. The number of nitrogens with zero attached hydrogens (tertiary/aromatic N) is 2. The summed E-state index contributed by atoms with van der Waals surface area (Å²) in [5, 5.41) is 16.4. The molecule has 4 amide bonds. The summed E-state index contributed by atoms with van der Waals surface area (Å²) in [5.74, 6) is -1.06. The van der Waals surface area contributed by atoms with Crippen LogP contribution in [0.15, 0.2) is 18.2 Å². The van der Waals surface area contributed by atoms with Crippen LogP contribution >= 0.6 is 0 Å². The maximum atomic E-state index is 12.9. The summed E-state index contributed by atoms with van der Waals surface area (Å²) in [5.41, 5.74) is -0.464. The zero-order valence-electron chi connectivity index (χ0n) is 15.3. The van der Waals surface area contributed by atoms with E-state index in [1.54, 1.807) is 13.0 Å². The van der Waals surface area contributed by atoms with Gasteiger partial charge in [-0.2, -0.15) is 0 Å². The molecule has 144 valence electrons. The standard InChI is InChI=1S/C18H22N4O5/c1-11-6-7-13(14(9-11)22(26)27)19-15(23)10-21-16(24)18(20-17(21)25)8-4-3-5-12(18)2/h6-7,9,12H,3-5,8,10H2,1-2H3,(H,19,23)(H,20,25)/t12-,18-/m1/s1. The Bertz CT molecular complexity index is 824. The lowest BCUT2D eigenvalue weighted by molar-refractivity contribution is -0.384. The first-order valence-corrected chi connectivity index (χ1v) is 8.93. The Morgan fingerprint density at radius 2 is 2.15 bits per heavy atom. The highest BCUT2D eigenvalue weighted by Crippen LogP contribution is 2.38. The molecule has 9 nitrogen and oxygen atoms in total. The van der Waals surface area contributed by atoms with Crippen molar-refractivity contribution < 1.29 is 19.3 Å². The smallest absolute Gasteiger partial charge is 0.323 e. The maximum absolute atomic E-state index is 12.9. The first kappa shape index (κ1) is 18.8. The molecule has 1 saturated carbocycles. The van der Waals surface area contributed by atoms with Crippen molar-refractivity contribution in [2.75, 3.05) is 11.9 Å². The van der Waals surface area contributed by atoms with Gasteiger partial charge in [-0.25, -0.2) is 4.79 Å². The highest BCUT2D eigenvalue weighted by Gasteiger charge is 2.55. The second kappa shape index (κ2) is 6.98. The first-order valence-electron chi connectivity index (χ1n) is 8.93. The van der Waals surface area contributed by atoms with Gasteiger partial charge in [0.25, 0.3) is 11.6 Å². The number of carbonyl (C=O) groups is 3. The Hall–Kier alpha value is -2.97. The van der Waals surface area contributed by atoms with E-state index < -0.39 is 34.9 Å². The molecule has 1 saturated heterocycles. The maximum Gasteiger partial charge on any atom is 0.325 e. The van der Waals surface area contributed by atoms with Crippen LogP contribution in [-0.4, -0.2) is 39.8 Å². The van der Waals surface area contributed by atoms with Crippen LogP contribution in [0, 0.1) is 23.0 Å². The van der Waals surface area contributed by atoms with E-state index in [1.165, 1.54) is 12.1 Å². The Morgan fingerprint density at radius 3 is 2.81 bits per heavy atom. The number of anilines is 1. The number of nitro benzene ring substituents is 1. The second-order valence-corrected chi connectivity index (χ2v) is 7.27. The molecule has 1 spiro atoms. The summed E-state index contributed by atoms with van der Waals surface area (Å²) >= 11 is 0. The van der Waals surface area contributed by atoms with Crippen LogP contribution in [0.3, 0.4) is 0 Å². The van der Waals surface area contributed by atoms with Crippen molar-refractivity contribution in [2.45, 2.75) is 45.1 Å². The average molecular weight is 374 g/mol. The summed E-state index contributed by atoms with van der Waals surface area (Å²) in [4.78, 5) is 49.0. The molecule has 1 heterocycles. The molecule has 0 unspecified atom stereocenters. The molecule has 0 aromatic heterocycles. The number of rotatable bonds is 4. The molecule has 3 rings (SSSR count). The number of carbonyl (C=O) groups excluding carboxylic acids is 3. The molecule has 0 bridgehead atoms. The van der Waals surface area contributed by atoms with Gasteiger partial charge < -0.3 is 10.6 Å². The van der Waals surface area contributed by atoms with E-state index >= 15 is 0 Å². The molecule has 2 aliphatic rings. The largest absolute Gasteiger partial charge is 0.325 e. The van der Waals surface area contributed by atoms with E-state index in [9.17, 15) is 24.5 Å². The summed E-state index contributed by atoms with van der Waals surface area (Å²) in [6.07, 6.45) is 3.23. The fourth-order valence-electron chi connectivity index (χ4n) is 3.87. The number of amides is 4. The third-order valence-corrected chi connectivity index (χ3v) is 5.43. The van der Waals surface area contributed by atoms with Gasteiger partial charge in [-0.3, -0.25) is 24.6 Å². The van der Waals surface area contributed by atoms with Gasteiger partial charge in [0, 0.05) is 6.07 Å². The monoisotopic (exact) mass is 374 g/mol. The van der Waals surface area contributed by atoms with Crippen molar-refractivity contribution in [3.05, 3.63) is 33.9 Å². The quantitative estimate of drug-likeness (QED) is 0.476. The number of hydrogen-bond acceptors (Lipinski definition) is 5. The predicted molar refractivity (Wildman–Crippen MR) is 97.1 cm³/mol. The van der Waals surface area contributed by atoms with E-state index in [2.05, 4.69) is 10.6 Å². The van der Waals surface area contributed by atoms with Crippen LogP contribution in [0.1, 0.15) is 38.2 Å². The zero-order valence-corrected chi connectivity index (χ0v) is 15.3. The van der Waals surface area contributed by atoms with E-state index in [4.69, 9.17) is 0 Å². The molecule has 1 aliphatic carbocycles. The fraction of sp³-hybridized carbons (Fsp3) is 0.500. The molecular weight excluding hydrogens is 352 g/mol. The van der Waals surface area contributed by atoms with Gasteiger partial charge >= 0.3 is 6.03 Å². The summed E-state index contributed by atoms with van der Waals surface area (Å²) in [6.45, 7) is 3.15. The number of hydrogen-bond donors (Lipinski definition) is 2. The van der Waals surface area contributed by atoms with Crippen molar-refractivity contribution in [3.8, 4) is 0 Å². The number of benzene rings is 1. The second-order valence-electron chi connectivity index (χ2n) is 7.27. The summed E-state index contributed by atoms with van der Waals surface area (Å²) < 4.78 is 0. The molecule has 9 heteroatoms. The van der Waals surface area contributed by atoms with Gasteiger partial charge in [0.1, 0.15) is 17.8 Å². The van der Waals surface area contributed by atoms with Crippen LogP contribution in [0.4, 0.5) is 16.2 Å². The number of aryl methyl sites for hydroxylation is 1. The predicted octanol–water partition coefficient (Wildman–Crippen LogP) is 2.34. The summed E-state index contributed by atoms with van der Waals surface area (Å²) in [6, 6.07) is 3.82. The van der Waals surface area contributed by atoms with Crippen LogP contribution in [0.2, 0.25) is 0 Å². The average Bonchev–Trinajstić information content (AvgIpc) is 2.84. The van der Waals surface area contributed by atoms with Crippen LogP contribution < -0.4 is 10.6 Å². The van der Waals surface area contributed by atoms with E-state index in [1.807, 2.05) is 6.92 Å². The van der Waals surface area contributed by atoms with Gasteiger partial charge in [0.15, 0.2) is 0 Å². The van der Waals surface area contributed by atoms with Gasteiger partial charge in [0.2, 0.25) is 5.91 Å². The van der Waals surface area contributed by atoms with Crippen molar-refractivity contribution in [3.63, 3.8) is 0 Å². The van der Waals surface area contributed by atoms with E-state index in [0.29, 0.717) is 12.0 Å². The van der Waals surface area contributed by atoms with Crippen LogP contribution in [0.25, 0.3) is 0 Å². The third-order valence-electron chi connectivity index (χ3n) is 5.43. The van der Waals surface area contributed by atoms with Crippen molar-refractivity contribution in [2.24, 2.45) is 5.92 Å². The Kier molecular flexibility index (Phi) is 4.86. The molecule has 1 aliphatic heterocycles. The van der Waals surface area contributed by atoms with Gasteiger partial charge in [-0.05, 0) is 37.3 Å². The third kappa shape index (κ3) is 3.36.